The number of hydrogen-bond donors (Lipinski definition) is 3. The molecule has 60 heavy (non-hydrogen) atoms. The van der Waals surface area contributed by atoms with E-state index in [0.29, 0.717) is 36.8 Å². The van der Waals surface area contributed by atoms with Crippen molar-refractivity contribution in [2.45, 2.75) is 107 Å². The third-order valence-electron chi connectivity index (χ3n) is 12.8. The van der Waals surface area contributed by atoms with E-state index in [1.54, 1.807) is 19.9 Å². The lowest BCUT2D eigenvalue weighted by Gasteiger charge is -2.41. The van der Waals surface area contributed by atoms with Gasteiger partial charge in [0.2, 0.25) is 33.7 Å². The minimum Gasteiger partial charge on any atom is -0.469 e. The Morgan fingerprint density at radius 3 is 2.27 bits per heavy atom. The summed E-state index contributed by atoms with van der Waals surface area (Å²) in [6.45, 7) is 9.99. The molecule has 0 bridgehead atoms. The van der Waals surface area contributed by atoms with Crippen LogP contribution in [0.4, 0.5) is 9.18 Å². The molecule has 4 fully saturated rings. The summed E-state index contributed by atoms with van der Waals surface area (Å²) in [5.74, 6) is -5.24. The summed E-state index contributed by atoms with van der Waals surface area (Å²) >= 11 is 0. The van der Waals surface area contributed by atoms with Gasteiger partial charge in [-0.05, 0) is 69.6 Å². The fourth-order valence-electron chi connectivity index (χ4n) is 8.39. The SMILES string of the molecule is C=CC(=O)N(C)CC(NC(=O)C1(C)CCC(C)(C(=O)OC)CC1)C(=O)N1CC(OC(=O)N2Cc3cccc(F)c3C2)C[C@H]1C(=O)N[C@]1(C(=O)NS(=O)(=O)C2CC2)C[C@H]1C=C. The van der Waals surface area contributed by atoms with Gasteiger partial charge in [-0.15, -0.1) is 6.58 Å². The Balaban J connectivity index is 1.26. The molecular formula is C41H53FN6O11S. The summed E-state index contributed by atoms with van der Waals surface area (Å²) in [5.41, 5.74) is -2.61. The van der Waals surface area contributed by atoms with E-state index in [0.717, 1.165) is 11.0 Å². The highest BCUT2D eigenvalue weighted by Gasteiger charge is 2.62. The molecule has 6 amide bonds. The quantitative estimate of drug-likeness (QED) is 0.139. The van der Waals surface area contributed by atoms with Gasteiger partial charge in [-0.1, -0.05) is 31.7 Å². The lowest BCUT2D eigenvalue weighted by Crippen LogP contribution is -2.60. The number of methoxy groups -OCH3 is 1. The molecule has 0 aromatic heterocycles. The van der Waals surface area contributed by atoms with E-state index in [9.17, 15) is 46.4 Å². The van der Waals surface area contributed by atoms with Gasteiger partial charge in [0.25, 0.3) is 5.91 Å². The largest absolute Gasteiger partial charge is 0.469 e. The lowest BCUT2D eigenvalue weighted by atomic mass is 9.64. The van der Waals surface area contributed by atoms with Crippen LogP contribution >= 0.6 is 0 Å². The van der Waals surface area contributed by atoms with Crippen molar-refractivity contribution < 1.29 is 55.8 Å². The number of sulfonamides is 1. The molecule has 19 heteroatoms. The number of esters is 1. The van der Waals surface area contributed by atoms with E-state index in [-0.39, 0.29) is 51.9 Å². The zero-order chi connectivity index (χ0) is 43.9. The van der Waals surface area contributed by atoms with Crippen molar-refractivity contribution in [2.75, 3.05) is 27.2 Å². The molecule has 6 rings (SSSR count). The molecule has 17 nitrogen and oxygen atoms in total. The average molecular weight is 857 g/mol. The average Bonchev–Trinajstić information content (AvgIpc) is 4.11. The van der Waals surface area contributed by atoms with Crippen LogP contribution in [-0.2, 0) is 61.4 Å². The topological polar surface area (TPSA) is 218 Å². The third-order valence-corrected chi connectivity index (χ3v) is 14.7. The predicted octanol–water partition coefficient (Wildman–Crippen LogP) is 1.81. The fraction of sp³-hybridized carbons (Fsp3) is 0.585. The smallest absolute Gasteiger partial charge is 0.410 e. The standard InChI is InChI=1S/C41H53FN6O11S/c1-7-25-19-41(25,36(53)45-60(56,57)27-12-13-27)44-33(50)31-18-26(59-38(55)47-20-24-10-9-11-29(42)28(24)22-47)21-48(31)34(51)30(23-46(5)32(49)8-2)43-35(52)39(3)14-16-40(4,17-15-39)37(54)58-6/h7-11,25-27,30-31H,1-2,12-23H2,3-6H3,(H,43,52)(H,44,50)(H,45,53)/t25-,26?,30?,31+,39?,40?,41-/m1/s1. The van der Waals surface area contributed by atoms with E-state index in [1.807, 2.05) is 0 Å². The summed E-state index contributed by atoms with van der Waals surface area (Å²) < 4.78 is 52.9. The fourth-order valence-corrected chi connectivity index (χ4v) is 9.75. The Labute approximate surface area is 348 Å². The summed E-state index contributed by atoms with van der Waals surface area (Å²) in [7, 11) is -1.30. The molecule has 3 N–H and O–H groups in total. The number of fused-ring (bicyclic) bond motifs is 1. The van der Waals surface area contributed by atoms with Gasteiger partial charge in [0, 0.05) is 43.5 Å². The van der Waals surface area contributed by atoms with Crippen LogP contribution in [0.25, 0.3) is 0 Å². The van der Waals surface area contributed by atoms with Crippen LogP contribution in [0.15, 0.2) is 43.5 Å². The maximum absolute atomic E-state index is 14.8. The first-order chi connectivity index (χ1) is 28.2. The van der Waals surface area contributed by atoms with Crippen LogP contribution < -0.4 is 15.4 Å². The van der Waals surface area contributed by atoms with Crippen molar-refractivity contribution in [3.8, 4) is 0 Å². The van der Waals surface area contributed by atoms with Crippen LogP contribution in [0, 0.1) is 22.6 Å². The molecule has 3 aliphatic carbocycles. The summed E-state index contributed by atoms with van der Waals surface area (Å²) in [6, 6.07) is 1.64. The number of ether oxygens (including phenoxy) is 2. The molecule has 1 saturated heterocycles. The third kappa shape index (κ3) is 8.76. The minimum absolute atomic E-state index is 0.0279. The van der Waals surface area contributed by atoms with Gasteiger partial charge in [0.05, 0.1) is 30.9 Å². The van der Waals surface area contributed by atoms with Crippen molar-refractivity contribution in [1.29, 1.82) is 0 Å². The second kappa shape index (κ2) is 16.6. The van der Waals surface area contributed by atoms with Crippen LogP contribution in [-0.4, -0.2) is 121 Å². The summed E-state index contributed by atoms with van der Waals surface area (Å²) in [5, 5.41) is 4.75. The first-order valence-corrected chi connectivity index (χ1v) is 21.6. The molecule has 326 valence electrons. The maximum atomic E-state index is 14.8. The van der Waals surface area contributed by atoms with Crippen molar-refractivity contribution in [1.82, 2.24) is 30.1 Å². The Bertz CT molecular complexity index is 2100. The first kappa shape index (κ1) is 44.2. The number of nitrogens with zero attached hydrogens (tertiary/aromatic N) is 3. The Morgan fingerprint density at radius 1 is 1.02 bits per heavy atom. The lowest BCUT2D eigenvalue weighted by molar-refractivity contribution is -0.157. The molecule has 1 aromatic rings. The number of halogens is 1. The molecule has 2 unspecified atom stereocenters. The maximum Gasteiger partial charge on any atom is 0.410 e. The van der Waals surface area contributed by atoms with E-state index in [2.05, 4.69) is 28.5 Å². The minimum atomic E-state index is -4.00. The number of likely N-dealkylation sites (N-methyl/N-ethyl adjacent to an activating group) is 1. The monoisotopic (exact) mass is 856 g/mol. The van der Waals surface area contributed by atoms with Crippen LogP contribution in [0.1, 0.15) is 76.3 Å². The highest BCUT2D eigenvalue weighted by Crippen LogP contribution is 2.47. The summed E-state index contributed by atoms with van der Waals surface area (Å²) in [4.78, 5) is 99.1. The van der Waals surface area contributed by atoms with Gasteiger partial charge in [-0.3, -0.25) is 38.4 Å². The van der Waals surface area contributed by atoms with Crippen molar-refractivity contribution in [3.05, 3.63) is 60.5 Å². The predicted molar refractivity (Wildman–Crippen MR) is 212 cm³/mol. The number of rotatable bonds is 14. The number of carbonyl (C=O) groups excluding carboxylic acids is 7. The number of nitrogens with one attached hydrogen (secondary N) is 3. The highest BCUT2D eigenvalue weighted by atomic mass is 32.2. The molecule has 1 aromatic carbocycles. The van der Waals surface area contributed by atoms with E-state index >= 15 is 0 Å². The van der Waals surface area contributed by atoms with E-state index in [1.165, 1.54) is 42.2 Å². The van der Waals surface area contributed by atoms with E-state index in [4.69, 9.17) is 9.47 Å². The Kier molecular flexibility index (Phi) is 12.2. The molecule has 5 aliphatic rings. The Morgan fingerprint density at radius 2 is 1.68 bits per heavy atom. The number of amides is 6. The first-order valence-electron chi connectivity index (χ1n) is 20.0. The molecule has 2 aliphatic heterocycles. The van der Waals surface area contributed by atoms with Gasteiger partial charge in [-0.2, -0.15) is 0 Å². The molecule has 3 saturated carbocycles. The number of likely N-dealkylation sites (tertiary alicyclic amines) is 1. The molecular weight excluding hydrogens is 804 g/mol. The zero-order valence-corrected chi connectivity index (χ0v) is 35.1. The molecule has 0 spiro atoms. The van der Waals surface area contributed by atoms with E-state index < -0.39 is 103 Å². The zero-order valence-electron chi connectivity index (χ0n) is 34.3. The highest BCUT2D eigenvalue weighted by molar-refractivity contribution is 7.91. The van der Waals surface area contributed by atoms with Gasteiger partial charge in [0.1, 0.15) is 29.5 Å². The summed E-state index contributed by atoms with van der Waals surface area (Å²) in [6.07, 6.45) is 2.27. The van der Waals surface area contributed by atoms with Gasteiger partial charge >= 0.3 is 12.1 Å². The van der Waals surface area contributed by atoms with Crippen molar-refractivity contribution >= 4 is 51.6 Å². The number of hydrogen-bond acceptors (Lipinski definition) is 11. The molecule has 0 radical (unpaired) electrons. The Hall–Kier alpha value is -5.33. The van der Waals surface area contributed by atoms with Crippen molar-refractivity contribution in [2.24, 2.45) is 16.7 Å². The second-order valence-electron chi connectivity index (χ2n) is 17.2. The number of carbonyl (C=O) groups is 7. The van der Waals surface area contributed by atoms with Crippen LogP contribution in [0.2, 0.25) is 0 Å². The van der Waals surface area contributed by atoms with Crippen molar-refractivity contribution in [3.63, 3.8) is 0 Å². The van der Waals surface area contributed by atoms with Crippen LogP contribution in [0.5, 0.6) is 0 Å². The normalized spacial score (nSPS) is 28.6. The van der Waals surface area contributed by atoms with Crippen LogP contribution in [0.3, 0.4) is 0 Å². The van der Waals surface area contributed by atoms with Gasteiger partial charge in [0.15, 0.2) is 0 Å². The molecule has 2 heterocycles. The number of benzene rings is 1. The second-order valence-corrected chi connectivity index (χ2v) is 19.2. The molecule has 5 atom stereocenters. The van der Waals surface area contributed by atoms with Gasteiger partial charge < -0.3 is 29.9 Å². The van der Waals surface area contributed by atoms with Gasteiger partial charge in [-0.25, -0.2) is 17.6 Å².